The molecule has 0 spiro atoms. The lowest BCUT2D eigenvalue weighted by atomic mass is 10.3. The van der Waals surface area contributed by atoms with Crippen molar-refractivity contribution in [3.8, 4) is 0 Å². The molecule has 0 bridgehead atoms. The number of rotatable bonds is 0. The van der Waals surface area contributed by atoms with Gasteiger partial charge in [-0.15, -0.1) is 0 Å². The van der Waals surface area contributed by atoms with E-state index in [0.717, 1.165) is 12.1 Å². The van der Waals surface area contributed by atoms with Gasteiger partial charge in [-0.25, -0.2) is 8.78 Å². The minimum absolute atomic E-state index is 0.241. The first-order chi connectivity index (χ1) is 4.20. The summed E-state index contributed by atoms with van der Waals surface area (Å²) in [5.41, 5.74) is 0. The highest BCUT2D eigenvalue weighted by atomic mass is 35.5. The Morgan fingerprint density at radius 1 is 1.44 bits per heavy atom. The Morgan fingerprint density at radius 2 is 2.11 bits per heavy atom. The summed E-state index contributed by atoms with van der Waals surface area (Å²) >= 11 is 5.17. The van der Waals surface area contributed by atoms with Gasteiger partial charge >= 0.3 is 0 Å². The van der Waals surface area contributed by atoms with Gasteiger partial charge in [-0.2, -0.15) is 0 Å². The van der Waals surface area contributed by atoms with Crippen molar-refractivity contribution in [1.82, 2.24) is 0 Å². The monoisotopic (exact) mass is 147 g/mol. The van der Waals surface area contributed by atoms with Crippen molar-refractivity contribution < 1.29 is 8.78 Å². The number of halogens is 3. The van der Waals surface area contributed by atoms with Crippen LogP contribution in [0, 0.1) is 17.7 Å². The number of hydrogen-bond donors (Lipinski definition) is 0. The van der Waals surface area contributed by atoms with Crippen molar-refractivity contribution in [1.29, 1.82) is 0 Å². The summed E-state index contributed by atoms with van der Waals surface area (Å²) in [6, 6.07) is 3.78. The maximum absolute atomic E-state index is 12.1. The standard InChI is InChI=1S/C6H2ClF2/c7-5-3-4(8)1-2-6(5)9/h1,3H. The summed E-state index contributed by atoms with van der Waals surface area (Å²) in [5.74, 6) is -1.31. The molecule has 0 saturated carbocycles. The van der Waals surface area contributed by atoms with Crippen LogP contribution in [0.5, 0.6) is 0 Å². The lowest BCUT2D eigenvalue weighted by Crippen LogP contribution is -1.78. The first kappa shape index (κ1) is 6.49. The van der Waals surface area contributed by atoms with E-state index in [4.69, 9.17) is 11.6 Å². The van der Waals surface area contributed by atoms with Crippen molar-refractivity contribution in [3.63, 3.8) is 0 Å². The average molecular weight is 148 g/mol. The molecule has 0 fully saturated rings. The molecule has 0 unspecified atom stereocenters. The summed E-state index contributed by atoms with van der Waals surface area (Å²) in [6.07, 6.45) is 0. The summed E-state index contributed by atoms with van der Waals surface area (Å²) in [5, 5.41) is -0.241. The van der Waals surface area contributed by atoms with Gasteiger partial charge in [0.1, 0.15) is 11.6 Å². The second-order valence-electron chi connectivity index (χ2n) is 1.48. The second kappa shape index (κ2) is 2.31. The van der Waals surface area contributed by atoms with Gasteiger partial charge in [-0.1, -0.05) is 11.6 Å². The molecule has 0 aromatic heterocycles. The molecule has 1 rings (SSSR count). The number of benzene rings is 1. The van der Waals surface area contributed by atoms with Gasteiger partial charge in [0.25, 0.3) is 0 Å². The van der Waals surface area contributed by atoms with Crippen molar-refractivity contribution in [2.45, 2.75) is 0 Å². The SMILES string of the molecule is Fc1c[c]c(F)c(Cl)c1. The first-order valence-corrected chi connectivity index (χ1v) is 2.60. The van der Waals surface area contributed by atoms with Gasteiger partial charge in [-0.05, 0) is 12.1 Å². The van der Waals surface area contributed by atoms with Crippen LogP contribution in [0.1, 0.15) is 0 Å². The molecule has 0 amide bonds. The zero-order chi connectivity index (χ0) is 6.85. The molecule has 9 heavy (non-hydrogen) atoms. The maximum Gasteiger partial charge on any atom is 0.149 e. The topological polar surface area (TPSA) is 0 Å². The third-order valence-electron chi connectivity index (χ3n) is 0.811. The molecule has 0 aliphatic heterocycles. The van der Waals surface area contributed by atoms with Crippen molar-refractivity contribution in [2.24, 2.45) is 0 Å². The predicted octanol–water partition coefficient (Wildman–Crippen LogP) is 2.42. The van der Waals surface area contributed by atoms with Gasteiger partial charge < -0.3 is 0 Å². The van der Waals surface area contributed by atoms with Gasteiger partial charge in [0, 0.05) is 6.07 Å². The van der Waals surface area contributed by atoms with E-state index in [1.54, 1.807) is 0 Å². The van der Waals surface area contributed by atoms with Crippen LogP contribution in [-0.4, -0.2) is 0 Å². The van der Waals surface area contributed by atoms with Crippen LogP contribution >= 0.6 is 11.6 Å². The largest absolute Gasteiger partial charge is 0.207 e. The van der Waals surface area contributed by atoms with Gasteiger partial charge in [-0.3, -0.25) is 0 Å². The molecule has 1 radical (unpaired) electrons. The molecular weight excluding hydrogens is 146 g/mol. The third-order valence-corrected chi connectivity index (χ3v) is 1.09. The molecule has 0 N–H and O–H groups in total. The van der Waals surface area contributed by atoms with E-state index in [2.05, 4.69) is 0 Å². The smallest absolute Gasteiger partial charge is 0.149 e. The zero-order valence-corrected chi connectivity index (χ0v) is 5.04. The molecule has 1 aromatic rings. The third kappa shape index (κ3) is 1.39. The number of hydrogen-bond acceptors (Lipinski definition) is 0. The fraction of sp³-hybridized carbons (Fsp3) is 0. The molecule has 0 nitrogen and oxygen atoms in total. The Labute approximate surface area is 56.1 Å². The van der Waals surface area contributed by atoms with Crippen molar-refractivity contribution in [2.75, 3.05) is 0 Å². The van der Waals surface area contributed by atoms with E-state index in [1.807, 2.05) is 6.07 Å². The Kier molecular flexibility index (Phi) is 1.67. The van der Waals surface area contributed by atoms with E-state index < -0.39 is 11.6 Å². The highest BCUT2D eigenvalue weighted by molar-refractivity contribution is 6.30. The normalized spacial score (nSPS) is 9.67. The fourth-order valence-corrected chi connectivity index (χ4v) is 0.586. The maximum atomic E-state index is 12.1. The summed E-state index contributed by atoms with van der Waals surface area (Å²) in [4.78, 5) is 0. The zero-order valence-electron chi connectivity index (χ0n) is 4.29. The van der Waals surface area contributed by atoms with Gasteiger partial charge in [0.2, 0.25) is 0 Å². The van der Waals surface area contributed by atoms with Crippen LogP contribution < -0.4 is 0 Å². The molecular formula is C6H2ClF2. The van der Waals surface area contributed by atoms with Crippen molar-refractivity contribution >= 4 is 11.6 Å². The van der Waals surface area contributed by atoms with Crippen LogP contribution in [0.25, 0.3) is 0 Å². The van der Waals surface area contributed by atoms with E-state index in [-0.39, 0.29) is 5.02 Å². The van der Waals surface area contributed by atoms with Crippen LogP contribution in [0.4, 0.5) is 8.78 Å². The van der Waals surface area contributed by atoms with E-state index >= 15 is 0 Å². The van der Waals surface area contributed by atoms with Crippen LogP contribution in [0.3, 0.4) is 0 Å². The van der Waals surface area contributed by atoms with Crippen LogP contribution in [-0.2, 0) is 0 Å². The minimum Gasteiger partial charge on any atom is -0.207 e. The van der Waals surface area contributed by atoms with Crippen LogP contribution in [0.2, 0.25) is 5.02 Å². The molecule has 0 aliphatic rings. The molecule has 0 heterocycles. The lowest BCUT2D eigenvalue weighted by Gasteiger charge is -1.89. The molecule has 47 valence electrons. The summed E-state index contributed by atoms with van der Waals surface area (Å²) in [7, 11) is 0. The fourth-order valence-electron chi connectivity index (χ4n) is 0.427. The Bertz CT molecular complexity index is 222. The molecule has 0 aliphatic carbocycles. The minimum atomic E-state index is -0.724. The first-order valence-electron chi connectivity index (χ1n) is 2.22. The average Bonchev–Trinajstić information content (AvgIpc) is 1.80. The van der Waals surface area contributed by atoms with Crippen molar-refractivity contribution in [3.05, 3.63) is 34.9 Å². The molecule has 1 aromatic carbocycles. The molecule has 3 heteroatoms. The Morgan fingerprint density at radius 3 is 2.56 bits per heavy atom. The molecule has 0 atom stereocenters. The lowest BCUT2D eigenvalue weighted by molar-refractivity contribution is 0.598. The van der Waals surface area contributed by atoms with Gasteiger partial charge in [0.15, 0.2) is 0 Å². The highest BCUT2D eigenvalue weighted by Crippen LogP contribution is 2.13. The van der Waals surface area contributed by atoms with E-state index in [0.29, 0.717) is 0 Å². The van der Waals surface area contributed by atoms with E-state index in [9.17, 15) is 8.78 Å². The quantitative estimate of drug-likeness (QED) is 0.495. The Hall–Kier alpha value is -0.630. The van der Waals surface area contributed by atoms with Crippen LogP contribution in [0.15, 0.2) is 12.1 Å². The predicted molar refractivity (Wildman–Crippen MR) is 30.2 cm³/mol. The summed E-state index contributed by atoms with van der Waals surface area (Å²) < 4.78 is 24.2. The Balaban J connectivity index is 3.17. The van der Waals surface area contributed by atoms with E-state index in [1.165, 1.54) is 0 Å². The summed E-state index contributed by atoms with van der Waals surface area (Å²) in [6.45, 7) is 0. The molecule has 0 saturated heterocycles. The highest BCUT2D eigenvalue weighted by Gasteiger charge is 1.98. The second-order valence-corrected chi connectivity index (χ2v) is 1.89. The van der Waals surface area contributed by atoms with Gasteiger partial charge in [0.05, 0.1) is 5.02 Å².